The van der Waals surface area contributed by atoms with E-state index in [4.69, 9.17) is 13.9 Å². The molecule has 2 aromatic rings. The summed E-state index contributed by atoms with van der Waals surface area (Å²) >= 11 is 0. The molecule has 0 atom stereocenters. The SMILES string of the molecule is CC(C)(C)OC(=O)N1CCC(NC(=O)COc2ccc3oc4c(c3c2)CCCC4)CC1. The molecule has 7 heteroatoms. The van der Waals surface area contributed by atoms with Gasteiger partial charge in [0.2, 0.25) is 0 Å². The molecular formula is C24H32N2O5. The van der Waals surface area contributed by atoms with Crippen LogP contribution in [0.3, 0.4) is 0 Å². The van der Waals surface area contributed by atoms with E-state index in [9.17, 15) is 9.59 Å². The van der Waals surface area contributed by atoms with Crippen LogP contribution < -0.4 is 10.1 Å². The van der Waals surface area contributed by atoms with Gasteiger partial charge in [-0.15, -0.1) is 0 Å². The Morgan fingerprint density at radius 3 is 2.65 bits per heavy atom. The molecule has 1 aliphatic carbocycles. The Morgan fingerprint density at radius 2 is 1.90 bits per heavy atom. The number of rotatable bonds is 4. The number of carbonyl (C=O) groups is 2. The van der Waals surface area contributed by atoms with E-state index in [1.165, 1.54) is 18.4 Å². The average Bonchev–Trinajstić information content (AvgIpc) is 3.09. The van der Waals surface area contributed by atoms with Gasteiger partial charge in [0.1, 0.15) is 22.7 Å². The van der Waals surface area contributed by atoms with E-state index in [0.717, 1.165) is 29.6 Å². The molecule has 0 saturated carbocycles. The third kappa shape index (κ3) is 5.32. The molecule has 0 spiro atoms. The van der Waals surface area contributed by atoms with Gasteiger partial charge in [-0.25, -0.2) is 4.79 Å². The largest absolute Gasteiger partial charge is 0.484 e. The molecule has 7 nitrogen and oxygen atoms in total. The number of nitrogens with zero attached hydrogens (tertiary/aromatic N) is 1. The van der Waals surface area contributed by atoms with Crippen molar-refractivity contribution in [2.75, 3.05) is 19.7 Å². The molecule has 1 fully saturated rings. The number of hydrogen-bond acceptors (Lipinski definition) is 5. The summed E-state index contributed by atoms with van der Waals surface area (Å²) < 4.78 is 17.1. The van der Waals surface area contributed by atoms with Crippen molar-refractivity contribution in [1.29, 1.82) is 0 Å². The van der Waals surface area contributed by atoms with Crippen LogP contribution in [0, 0.1) is 0 Å². The number of carbonyl (C=O) groups excluding carboxylic acids is 2. The van der Waals surface area contributed by atoms with E-state index in [2.05, 4.69) is 5.32 Å². The van der Waals surface area contributed by atoms with Crippen molar-refractivity contribution in [2.24, 2.45) is 0 Å². The average molecular weight is 429 g/mol. The lowest BCUT2D eigenvalue weighted by molar-refractivity contribution is -0.124. The Morgan fingerprint density at radius 1 is 1.16 bits per heavy atom. The van der Waals surface area contributed by atoms with Crippen LogP contribution in [-0.4, -0.2) is 48.2 Å². The Balaban J connectivity index is 1.25. The molecule has 2 aliphatic rings. The summed E-state index contributed by atoms with van der Waals surface area (Å²) in [5.41, 5.74) is 1.67. The van der Waals surface area contributed by atoms with Crippen molar-refractivity contribution in [3.8, 4) is 5.75 Å². The Hall–Kier alpha value is -2.70. The first-order valence-corrected chi connectivity index (χ1v) is 11.2. The summed E-state index contributed by atoms with van der Waals surface area (Å²) in [6, 6.07) is 5.80. The Labute approximate surface area is 183 Å². The lowest BCUT2D eigenvalue weighted by atomic mass is 9.96. The topological polar surface area (TPSA) is 81.0 Å². The number of fused-ring (bicyclic) bond motifs is 3. The summed E-state index contributed by atoms with van der Waals surface area (Å²) in [6.45, 7) is 6.69. The van der Waals surface area contributed by atoms with Gasteiger partial charge in [0.15, 0.2) is 6.61 Å². The van der Waals surface area contributed by atoms with E-state index in [0.29, 0.717) is 31.7 Å². The van der Waals surface area contributed by atoms with E-state index in [1.54, 1.807) is 4.90 Å². The van der Waals surface area contributed by atoms with Gasteiger partial charge in [-0.2, -0.15) is 0 Å². The second-order valence-electron chi connectivity index (χ2n) is 9.47. The highest BCUT2D eigenvalue weighted by Crippen LogP contribution is 2.33. The highest BCUT2D eigenvalue weighted by Gasteiger charge is 2.27. The van der Waals surface area contributed by atoms with Gasteiger partial charge >= 0.3 is 6.09 Å². The zero-order chi connectivity index (χ0) is 22.0. The molecule has 2 heterocycles. The molecule has 31 heavy (non-hydrogen) atoms. The highest BCUT2D eigenvalue weighted by atomic mass is 16.6. The number of ether oxygens (including phenoxy) is 2. The summed E-state index contributed by atoms with van der Waals surface area (Å²) in [7, 11) is 0. The third-order valence-electron chi connectivity index (χ3n) is 5.81. The number of aryl methyl sites for hydroxylation is 2. The second-order valence-corrected chi connectivity index (χ2v) is 9.47. The fraction of sp³-hybridized carbons (Fsp3) is 0.583. The minimum absolute atomic E-state index is 0.0299. The second kappa shape index (κ2) is 8.81. The molecule has 1 aromatic heterocycles. The molecular weight excluding hydrogens is 396 g/mol. The van der Waals surface area contributed by atoms with Crippen LogP contribution in [0.4, 0.5) is 4.79 Å². The first-order valence-electron chi connectivity index (χ1n) is 11.2. The van der Waals surface area contributed by atoms with Gasteiger partial charge in [0.25, 0.3) is 5.91 Å². The summed E-state index contributed by atoms with van der Waals surface area (Å²) in [5.74, 6) is 1.62. The quantitative estimate of drug-likeness (QED) is 0.789. The Bertz CT molecular complexity index is 951. The zero-order valence-electron chi connectivity index (χ0n) is 18.7. The molecule has 2 amide bonds. The van der Waals surface area contributed by atoms with Crippen LogP contribution in [0.25, 0.3) is 11.0 Å². The van der Waals surface area contributed by atoms with E-state index < -0.39 is 5.60 Å². The monoisotopic (exact) mass is 428 g/mol. The van der Waals surface area contributed by atoms with E-state index >= 15 is 0 Å². The van der Waals surface area contributed by atoms with Crippen LogP contribution in [0.15, 0.2) is 22.6 Å². The minimum Gasteiger partial charge on any atom is -0.484 e. The lowest BCUT2D eigenvalue weighted by Crippen LogP contribution is -2.48. The van der Waals surface area contributed by atoms with E-state index in [-0.39, 0.29) is 24.6 Å². The van der Waals surface area contributed by atoms with Crippen molar-refractivity contribution in [1.82, 2.24) is 10.2 Å². The molecule has 168 valence electrons. The molecule has 0 bridgehead atoms. The van der Waals surface area contributed by atoms with Gasteiger partial charge in [-0.3, -0.25) is 4.79 Å². The predicted octanol–water partition coefficient (Wildman–Crippen LogP) is 4.21. The van der Waals surface area contributed by atoms with Gasteiger partial charge in [-0.05, 0) is 71.1 Å². The van der Waals surface area contributed by atoms with E-state index in [1.807, 2.05) is 39.0 Å². The van der Waals surface area contributed by atoms with Gasteiger partial charge < -0.3 is 24.1 Å². The van der Waals surface area contributed by atoms with Crippen molar-refractivity contribution in [3.05, 3.63) is 29.5 Å². The number of amides is 2. The maximum Gasteiger partial charge on any atom is 0.410 e. The molecule has 1 N–H and O–H groups in total. The maximum absolute atomic E-state index is 12.4. The molecule has 4 rings (SSSR count). The zero-order valence-corrected chi connectivity index (χ0v) is 18.7. The molecule has 0 radical (unpaired) electrons. The normalized spacial score (nSPS) is 17.3. The van der Waals surface area contributed by atoms with Crippen LogP contribution in [0.5, 0.6) is 5.75 Å². The summed E-state index contributed by atoms with van der Waals surface area (Å²) in [4.78, 5) is 26.2. The smallest absolute Gasteiger partial charge is 0.410 e. The van der Waals surface area contributed by atoms with Crippen molar-refractivity contribution in [3.63, 3.8) is 0 Å². The number of piperidine rings is 1. The summed E-state index contributed by atoms with van der Waals surface area (Å²) in [6.07, 6.45) is 5.51. The number of furan rings is 1. The van der Waals surface area contributed by atoms with Crippen LogP contribution in [0.2, 0.25) is 0 Å². The molecule has 1 saturated heterocycles. The number of likely N-dealkylation sites (tertiary alicyclic amines) is 1. The van der Waals surface area contributed by atoms with Crippen molar-refractivity contribution < 1.29 is 23.5 Å². The fourth-order valence-corrected chi connectivity index (χ4v) is 4.28. The standard InChI is InChI=1S/C24H32N2O5/c1-24(2,3)31-23(28)26-12-10-16(11-13-26)25-22(27)15-29-17-8-9-21-19(14-17)18-6-4-5-7-20(18)30-21/h8-9,14,16H,4-7,10-13,15H2,1-3H3,(H,25,27). The lowest BCUT2D eigenvalue weighted by Gasteiger charge is -2.33. The van der Waals surface area contributed by atoms with Gasteiger partial charge in [-0.1, -0.05) is 0 Å². The van der Waals surface area contributed by atoms with Crippen LogP contribution >= 0.6 is 0 Å². The number of hydrogen-bond donors (Lipinski definition) is 1. The maximum atomic E-state index is 12.4. The Kier molecular flexibility index (Phi) is 6.12. The predicted molar refractivity (Wildman–Crippen MR) is 117 cm³/mol. The molecule has 1 aliphatic heterocycles. The first kappa shape index (κ1) is 21.5. The first-order chi connectivity index (χ1) is 14.8. The molecule has 1 aromatic carbocycles. The minimum atomic E-state index is -0.502. The highest BCUT2D eigenvalue weighted by molar-refractivity contribution is 5.84. The van der Waals surface area contributed by atoms with Crippen LogP contribution in [-0.2, 0) is 22.4 Å². The van der Waals surface area contributed by atoms with Crippen molar-refractivity contribution in [2.45, 2.75) is 70.9 Å². The van der Waals surface area contributed by atoms with Gasteiger partial charge in [0.05, 0.1) is 0 Å². The summed E-state index contributed by atoms with van der Waals surface area (Å²) in [5, 5.41) is 4.12. The fourth-order valence-electron chi connectivity index (χ4n) is 4.28. The number of benzene rings is 1. The van der Waals surface area contributed by atoms with Crippen molar-refractivity contribution >= 4 is 23.0 Å². The van der Waals surface area contributed by atoms with Crippen LogP contribution in [0.1, 0.15) is 57.8 Å². The molecule has 0 unspecified atom stereocenters. The number of nitrogens with one attached hydrogen (secondary N) is 1. The van der Waals surface area contributed by atoms with Gasteiger partial charge in [0, 0.05) is 36.5 Å². The third-order valence-corrected chi connectivity index (χ3v) is 5.81.